The first-order chi connectivity index (χ1) is 14.1. The minimum Gasteiger partial charge on any atom is -0.494 e. The number of anilines is 1. The van der Waals surface area contributed by atoms with Crippen molar-refractivity contribution in [1.29, 1.82) is 5.26 Å². The van der Waals surface area contributed by atoms with Gasteiger partial charge in [0.15, 0.2) is 0 Å². The molecule has 0 spiro atoms. The number of nitriles is 1. The summed E-state index contributed by atoms with van der Waals surface area (Å²) < 4.78 is 5.46. The van der Waals surface area contributed by atoms with Gasteiger partial charge in [0.05, 0.1) is 36.2 Å². The Balaban J connectivity index is 1.77. The fraction of sp³-hybridized carbons (Fsp3) is 0.227. The number of nitrogens with zero attached hydrogens (tertiary/aromatic N) is 3. The van der Waals surface area contributed by atoms with E-state index in [4.69, 9.17) is 21.6 Å². The highest BCUT2D eigenvalue weighted by Crippen LogP contribution is 2.30. The van der Waals surface area contributed by atoms with Crippen LogP contribution in [0.3, 0.4) is 0 Å². The van der Waals surface area contributed by atoms with Crippen molar-refractivity contribution >= 4 is 34.5 Å². The Morgan fingerprint density at radius 3 is 2.69 bits per heavy atom. The molecule has 0 atom stereocenters. The topological polar surface area (TPSA) is 66.2 Å². The molecule has 0 aliphatic rings. The lowest BCUT2D eigenvalue weighted by Crippen LogP contribution is -2.33. The van der Waals surface area contributed by atoms with Crippen LogP contribution in [0.1, 0.15) is 19.0 Å². The predicted octanol–water partition coefficient (Wildman–Crippen LogP) is 5.35. The number of halogens is 1. The molecule has 0 saturated carbocycles. The molecule has 0 N–H and O–H groups in total. The first kappa shape index (κ1) is 20.8. The molecule has 0 fully saturated rings. The van der Waals surface area contributed by atoms with Crippen molar-refractivity contribution in [2.75, 3.05) is 18.1 Å². The zero-order valence-corrected chi connectivity index (χ0v) is 17.5. The Morgan fingerprint density at radius 2 is 2.00 bits per heavy atom. The maximum atomic E-state index is 13.0. The SMILES string of the molecule is CCOc1ccc(N(CCC#N)C(=O)Cc2csc(-c3ccccc3Cl)n2)cc1. The highest BCUT2D eigenvalue weighted by molar-refractivity contribution is 7.13. The highest BCUT2D eigenvalue weighted by Gasteiger charge is 2.18. The highest BCUT2D eigenvalue weighted by atomic mass is 35.5. The van der Waals surface area contributed by atoms with Crippen LogP contribution in [0.2, 0.25) is 5.02 Å². The Bertz CT molecular complexity index is 1010. The maximum absolute atomic E-state index is 13.0. The van der Waals surface area contributed by atoms with Gasteiger partial charge in [-0.2, -0.15) is 5.26 Å². The van der Waals surface area contributed by atoms with Crippen LogP contribution in [-0.4, -0.2) is 24.0 Å². The van der Waals surface area contributed by atoms with Gasteiger partial charge >= 0.3 is 0 Å². The zero-order chi connectivity index (χ0) is 20.6. The van der Waals surface area contributed by atoms with E-state index in [1.807, 2.05) is 60.8 Å². The van der Waals surface area contributed by atoms with E-state index in [-0.39, 0.29) is 18.7 Å². The van der Waals surface area contributed by atoms with Gasteiger partial charge in [-0.25, -0.2) is 4.98 Å². The van der Waals surface area contributed by atoms with E-state index < -0.39 is 0 Å². The van der Waals surface area contributed by atoms with Crippen LogP contribution >= 0.6 is 22.9 Å². The molecule has 1 amide bonds. The molecule has 7 heteroatoms. The molecule has 1 aromatic heterocycles. The summed E-state index contributed by atoms with van der Waals surface area (Å²) >= 11 is 7.70. The summed E-state index contributed by atoms with van der Waals surface area (Å²) in [4.78, 5) is 19.2. The van der Waals surface area contributed by atoms with Crippen LogP contribution in [0, 0.1) is 11.3 Å². The van der Waals surface area contributed by atoms with Gasteiger partial charge in [-0.1, -0.05) is 29.8 Å². The lowest BCUT2D eigenvalue weighted by molar-refractivity contribution is -0.118. The maximum Gasteiger partial charge on any atom is 0.233 e. The van der Waals surface area contributed by atoms with E-state index >= 15 is 0 Å². The van der Waals surface area contributed by atoms with Gasteiger partial charge in [0.25, 0.3) is 0 Å². The fourth-order valence-electron chi connectivity index (χ4n) is 2.85. The van der Waals surface area contributed by atoms with Crippen molar-refractivity contribution < 1.29 is 9.53 Å². The molecule has 5 nitrogen and oxygen atoms in total. The largest absolute Gasteiger partial charge is 0.494 e. The van der Waals surface area contributed by atoms with Crippen molar-refractivity contribution in [3.63, 3.8) is 0 Å². The van der Waals surface area contributed by atoms with E-state index in [0.717, 1.165) is 22.0 Å². The summed E-state index contributed by atoms with van der Waals surface area (Å²) in [7, 11) is 0. The van der Waals surface area contributed by atoms with E-state index in [9.17, 15) is 4.79 Å². The van der Waals surface area contributed by atoms with Crippen LogP contribution in [-0.2, 0) is 11.2 Å². The van der Waals surface area contributed by atoms with Crippen molar-refractivity contribution in [2.45, 2.75) is 19.8 Å². The molecule has 0 unspecified atom stereocenters. The summed E-state index contributed by atoms with van der Waals surface area (Å²) in [6, 6.07) is 16.9. The van der Waals surface area contributed by atoms with Crippen LogP contribution in [0.15, 0.2) is 53.9 Å². The van der Waals surface area contributed by atoms with Crippen molar-refractivity contribution in [1.82, 2.24) is 4.98 Å². The van der Waals surface area contributed by atoms with E-state index in [1.54, 1.807) is 4.90 Å². The minimum absolute atomic E-state index is 0.111. The molecule has 0 aliphatic heterocycles. The number of aromatic nitrogens is 1. The molecular weight excluding hydrogens is 406 g/mol. The third kappa shape index (κ3) is 5.35. The molecule has 0 radical (unpaired) electrons. The van der Waals surface area contributed by atoms with Crippen LogP contribution < -0.4 is 9.64 Å². The number of thiazole rings is 1. The first-order valence-corrected chi connectivity index (χ1v) is 10.5. The van der Waals surface area contributed by atoms with Crippen LogP contribution in [0.25, 0.3) is 10.6 Å². The summed E-state index contributed by atoms with van der Waals surface area (Å²) in [6.45, 7) is 2.82. The molecular formula is C22H20ClN3O2S. The minimum atomic E-state index is -0.111. The lowest BCUT2D eigenvalue weighted by atomic mass is 10.2. The van der Waals surface area contributed by atoms with Gasteiger partial charge in [0, 0.05) is 23.2 Å². The smallest absolute Gasteiger partial charge is 0.233 e. The second kappa shape index (κ2) is 10.1. The normalized spacial score (nSPS) is 10.4. The van der Waals surface area contributed by atoms with Gasteiger partial charge in [0.1, 0.15) is 10.8 Å². The fourth-order valence-corrected chi connectivity index (χ4v) is 3.99. The van der Waals surface area contributed by atoms with Gasteiger partial charge < -0.3 is 9.64 Å². The summed E-state index contributed by atoms with van der Waals surface area (Å²) in [5.41, 5.74) is 2.27. The van der Waals surface area contributed by atoms with Gasteiger partial charge in [-0.3, -0.25) is 4.79 Å². The number of hydrogen-bond acceptors (Lipinski definition) is 5. The molecule has 3 aromatic rings. The molecule has 0 saturated heterocycles. The van der Waals surface area contributed by atoms with Crippen molar-refractivity contribution in [3.05, 3.63) is 64.6 Å². The Labute approximate surface area is 179 Å². The quantitative estimate of drug-likeness (QED) is 0.487. The Morgan fingerprint density at radius 1 is 1.24 bits per heavy atom. The summed E-state index contributed by atoms with van der Waals surface area (Å²) in [5.74, 6) is 0.633. The zero-order valence-electron chi connectivity index (χ0n) is 16.0. The van der Waals surface area contributed by atoms with E-state index in [0.29, 0.717) is 23.9 Å². The number of rotatable bonds is 8. The molecule has 29 heavy (non-hydrogen) atoms. The van der Waals surface area contributed by atoms with Gasteiger partial charge in [-0.05, 0) is 37.3 Å². The van der Waals surface area contributed by atoms with E-state index in [1.165, 1.54) is 11.3 Å². The Hall–Kier alpha value is -2.88. The van der Waals surface area contributed by atoms with Crippen LogP contribution in [0.5, 0.6) is 5.75 Å². The third-order valence-corrected chi connectivity index (χ3v) is 5.45. The predicted molar refractivity (Wildman–Crippen MR) is 116 cm³/mol. The summed E-state index contributed by atoms with van der Waals surface area (Å²) in [6.07, 6.45) is 0.403. The van der Waals surface area contributed by atoms with Crippen LogP contribution in [0.4, 0.5) is 5.69 Å². The summed E-state index contributed by atoms with van der Waals surface area (Å²) in [5, 5.41) is 12.3. The number of amides is 1. The second-order valence-electron chi connectivity index (χ2n) is 6.18. The second-order valence-corrected chi connectivity index (χ2v) is 7.45. The number of benzene rings is 2. The monoisotopic (exact) mass is 425 g/mol. The Kier molecular flexibility index (Phi) is 7.23. The van der Waals surface area contributed by atoms with Gasteiger partial charge in [0.2, 0.25) is 5.91 Å². The molecule has 148 valence electrons. The number of ether oxygens (including phenoxy) is 1. The molecule has 1 heterocycles. The number of carbonyl (C=O) groups is 1. The number of hydrogen-bond donors (Lipinski definition) is 0. The average molecular weight is 426 g/mol. The first-order valence-electron chi connectivity index (χ1n) is 9.22. The van der Waals surface area contributed by atoms with Crippen molar-refractivity contribution in [3.8, 4) is 22.4 Å². The standard InChI is InChI=1S/C22H20ClN3O2S/c1-2-28-18-10-8-17(9-11-18)26(13-5-12-24)21(27)14-16-15-29-22(25-16)19-6-3-4-7-20(19)23/h3-4,6-11,15H,2,5,13-14H2,1H3. The lowest BCUT2D eigenvalue weighted by Gasteiger charge is -2.21. The molecule has 3 rings (SSSR count). The van der Waals surface area contributed by atoms with Gasteiger partial charge in [-0.15, -0.1) is 11.3 Å². The van der Waals surface area contributed by atoms with E-state index in [2.05, 4.69) is 11.1 Å². The number of carbonyl (C=O) groups excluding carboxylic acids is 1. The van der Waals surface area contributed by atoms with Crippen molar-refractivity contribution in [2.24, 2.45) is 0 Å². The molecule has 0 aliphatic carbocycles. The average Bonchev–Trinajstić information content (AvgIpc) is 3.18. The molecule has 2 aromatic carbocycles. The molecule has 0 bridgehead atoms. The third-order valence-electron chi connectivity index (χ3n) is 4.20.